The fraction of sp³-hybridized carbons (Fsp3) is 0.100. The maximum absolute atomic E-state index is 11.6. The third-order valence-electron chi connectivity index (χ3n) is 1.73. The van der Waals surface area contributed by atoms with Gasteiger partial charge in [0.2, 0.25) is 0 Å². The zero-order chi connectivity index (χ0) is 10.7. The van der Waals surface area contributed by atoms with Crippen LogP contribution in [-0.4, -0.2) is 10.9 Å². The van der Waals surface area contributed by atoms with Crippen molar-refractivity contribution >= 4 is 29.0 Å². The molecule has 0 radical (unpaired) electrons. The second kappa shape index (κ2) is 4.49. The van der Waals surface area contributed by atoms with Gasteiger partial charge in [0, 0.05) is 16.2 Å². The van der Waals surface area contributed by atoms with Gasteiger partial charge in [0.25, 0.3) is 0 Å². The van der Waals surface area contributed by atoms with E-state index in [4.69, 9.17) is 28.3 Å². The number of carbonyl (C=O) groups is 1. The molecule has 0 atom stereocenters. The van der Waals surface area contributed by atoms with E-state index in [1.807, 2.05) is 0 Å². The van der Waals surface area contributed by atoms with E-state index in [9.17, 15) is 4.79 Å². The number of ketones is 1. The Morgan fingerprint density at radius 1 is 1.43 bits per heavy atom. The maximum Gasteiger partial charge on any atom is 0.193 e. The molecule has 0 saturated carbocycles. The van der Waals surface area contributed by atoms with E-state index in [0.717, 1.165) is 6.26 Å². The lowest BCUT2D eigenvalue weighted by Crippen LogP contribution is -2.01. The van der Waals surface area contributed by atoms with Crippen molar-refractivity contribution in [3.8, 4) is 0 Å². The van der Waals surface area contributed by atoms with Gasteiger partial charge in [-0.1, -0.05) is 23.2 Å². The summed E-state index contributed by atoms with van der Waals surface area (Å²) in [5.41, 5.74) is 0.563. The molecule has 0 aliphatic carbocycles. The maximum atomic E-state index is 11.6. The third kappa shape index (κ3) is 2.28. The summed E-state index contributed by atoms with van der Waals surface area (Å²) in [5, 5.41) is 9.41. The predicted molar refractivity (Wildman–Crippen MR) is 57.2 cm³/mol. The lowest BCUT2D eigenvalue weighted by molar-refractivity contribution is 0.103. The van der Waals surface area contributed by atoms with E-state index < -0.39 is 0 Å². The van der Waals surface area contributed by atoms with Crippen LogP contribution in [0.4, 0.5) is 0 Å². The van der Waals surface area contributed by atoms with Crippen molar-refractivity contribution in [3.05, 3.63) is 45.6 Å². The molecule has 0 unspecified atom stereocenters. The first-order valence-corrected chi connectivity index (χ1v) is 4.62. The molecule has 1 aromatic rings. The number of aliphatic hydroxyl groups is 1. The minimum absolute atomic E-state index is 0.231. The number of aliphatic hydroxyl groups excluding tert-OH is 1. The lowest BCUT2D eigenvalue weighted by atomic mass is 10.1. The van der Waals surface area contributed by atoms with Gasteiger partial charge in [0.15, 0.2) is 5.78 Å². The van der Waals surface area contributed by atoms with Crippen molar-refractivity contribution in [2.24, 2.45) is 0 Å². The minimum atomic E-state index is -0.311. The lowest BCUT2D eigenvalue weighted by Gasteiger charge is -2.02. The molecule has 74 valence electrons. The normalized spacial score (nSPS) is 11.5. The van der Waals surface area contributed by atoms with Crippen LogP contribution in [0.2, 0.25) is 10.0 Å². The molecule has 0 spiro atoms. The van der Waals surface area contributed by atoms with Crippen LogP contribution in [0.25, 0.3) is 0 Å². The Labute approximate surface area is 91.8 Å². The van der Waals surface area contributed by atoms with Gasteiger partial charge in [-0.05, 0) is 25.1 Å². The summed E-state index contributed by atoms with van der Waals surface area (Å²) >= 11 is 11.5. The fourth-order valence-electron chi connectivity index (χ4n) is 0.945. The van der Waals surface area contributed by atoms with Crippen LogP contribution in [-0.2, 0) is 0 Å². The minimum Gasteiger partial charge on any atom is -0.515 e. The van der Waals surface area contributed by atoms with Crippen LogP contribution < -0.4 is 0 Å². The van der Waals surface area contributed by atoms with Crippen molar-refractivity contribution in [2.45, 2.75) is 6.92 Å². The number of halogens is 2. The van der Waals surface area contributed by atoms with E-state index in [1.165, 1.54) is 19.1 Å². The first-order valence-electron chi connectivity index (χ1n) is 3.87. The molecule has 0 aromatic heterocycles. The first-order chi connectivity index (χ1) is 6.56. The molecule has 0 aliphatic rings. The molecule has 2 nitrogen and oxygen atoms in total. The number of Topliss-reactive ketones (excluding diaryl/α,β-unsaturated/α-hetero) is 1. The largest absolute Gasteiger partial charge is 0.515 e. The predicted octanol–water partition coefficient (Wildman–Crippen LogP) is 3.64. The van der Waals surface area contributed by atoms with Crippen LogP contribution in [0, 0.1) is 0 Å². The van der Waals surface area contributed by atoms with E-state index in [1.54, 1.807) is 6.07 Å². The second-order valence-electron chi connectivity index (χ2n) is 2.77. The molecular formula is C10H8Cl2O2. The molecule has 0 saturated heterocycles. The highest BCUT2D eigenvalue weighted by Gasteiger charge is 2.12. The van der Waals surface area contributed by atoms with Gasteiger partial charge in [-0.2, -0.15) is 0 Å². The number of rotatable bonds is 2. The molecule has 14 heavy (non-hydrogen) atoms. The monoisotopic (exact) mass is 230 g/mol. The number of benzene rings is 1. The van der Waals surface area contributed by atoms with E-state index in [2.05, 4.69) is 0 Å². The molecule has 1 N–H and O–H groups in total. The Balaban J connectivity index is 3.14. The number of carbonyl (C=O) groups excluding carboxylic acids is 1. The summed E-state index contributed by atoms with van der Waals surface area (Å²) in [5.74, 6) is -0.311. The summed E-state index contributed by atoms with van der Waals surface area (Å²) in [4.78, 5) is 11.6. The highest BCUT2D eigenvalue weighted by molar-refractivity contribution is 6.37. The summed E-state index contributed by atoms with van der Waals surface area (Å²) in [6, 6.07) is 4.59. The van der Waals surface area contributed by atoms with Gasteiger partial charge in [-0.15, -0.1) is 0 Å². The summed E-state index contributed by atoms with van der Waals surface area (Å²) in [7, 11) is 0. The third-order valence-corrected chi connectivity index (χ3v) is 2.28. The molecule has 0 fully saturated rings. The quantitative estimate of drug-likeness (QED) is 0.479. The van der Waals surface area contributed by atoms with Crippen LogP contribution in [0.15, 0.2) is 30.0 Å². The summed E-state index contributed by atoms with van der Waals surface area (Å²) < 4.78 is 0. The highest BCUT2D eigenvalue weighted by atomic mass is 35.5. The Hall–Kier alpha value is -0.990. The molecular weight excluding hydrogens is 223 g/mol. The van der Waals surface area contributed by atoms with Gasteiger partial charge in [-0.3, -0.25) is 4.79 Å². The first kappa shape index (κ1) is 11.1. The summed E-state index contributed by atoms with van der Waals surface area (Å²) in [6.45, 7) is 1.51. The van der Waals surface area contributed by atoms with Gasteiger partial charge < -0.3 is 5.11 Å². The second-order valence-corrected chi connectivity index (χ2v) is 3.61. The summed E-state index contributed by atoms with van der Waals surface area (Å²) in [6.07, 6.45) is 0.757. The number of allylic oxidation sites excluding steroid dienone is 1. The number of hydrogen-bond acceptors (Lipinski definition) is 2. The molecule has 1 aromatic carbocycles. The van der Waals surface area contributed by atoms with Crippen LogP contribution in [0.5, 0.6) is 0 Å². The van der Waals surface area contributed by atoms with Crippen molar-refractivity contribution < 1.29 is 9.90 Å². The standard InChI is InChI=1S/C10H8Cl2O2/c1-6(5-13)10(14)8-3-2-7(11)4-9(8)12/h2-5,13H,1H3. The van der Waals surface area contributed by atoms with E-state index in [0.29, 0.717) is 10.6 Å². The van der Waals surface area contributed by atoms with Gasteiger partial charge in [-0.25, -0.2) is 0 Å². The highest BCUT2D eigenvalue weighted by Crippen LogP contribution is 2.22. The Morgan fingerprint density at radius 3 is 2.57 bits per heavy atom. The molecule has 0 heterocycles. The zero-order valence-corrected chi connectivity index (χ0v) is 8.93. The molecule has 0 aliphatic heterocycles. The Morgan fingerprint density at radius 2 is 2.07 bits per heavy atom. The van der Waals surface area contributed by atoms with Crippen LogP contribution >= 0.6 is 23.2 Å². The molecule has 4 heteroatoms. The van der Waals surface area contributed by atoms with Crippen LogP contribution in [0.3, 0.4) is 0 Å². The topological polar surface area (TPSA) is 37.3 Å². The Bertz CT molecular complexity index is 397. The molecule has 1 rings (SSSR count). The van der Waals surface area contributed by atoms with Crippen molar-refractivity contribution in [3.63, 3.8) is 0 Å². The zero-order valence-electron chi connectivity index (χ0n) is 7.42. The fourth-order valence-corrected chi connectivity index (χ4v) is 1.44. The average Bonchev–Trinajstić information content (AvgIpc) is 2.15. The average molecular weight is 231 g/mol. The van der Waals surface area contributed by atoms with Gasteiger partial charge >= 0.3 is 0 Å². The van der Waals surface area contributed by atoms with Gasteiger partial charge in [0.05, 0.1) is 11.3 Å². The van der Waals surface area contributed by atoms with Crippen molar-refractivity contribution in [1.29, 1.82) is 0 Å². The van der Waals surface area contributed by atoms with Crippen molar-refractivity contribution in [1.82, 2.24) is 0 Å². The number of hydrogen-bond donors (Lipinski definition) is 1. The Kier molecular flexibility index (Phi) is 3.55. The SMILES string of the molecule is CC(=CO)C(=O)c1ccc(Cl)cc1Cl. The van der Waals surface area contributed by atoms with Crippen LogP contribution in [0.1, 0.15) is 17.3 Å². The molecule has 0 bridgehead atoms. The molecule has 0 amide bonds. The van der Waals surface area contributed by atoms with E-state index in [-0.39, 0.29) is 16.4 Å². The van der Waals surface area contributed by atoms with Crippen molar-refractivity contribution in [2.75, 3.05) is 0 Å². The van der Waals surface area contributed by atoms with Gasteiger partial charge in [0.1, 0.15) is 0 Å². The smallest absolute Gasteiger partial charge is 0.193 e. The van der Waals surface area contributed by atoms with E-state index >= 15 is 0 Å².